The van der Waals surface area contributed by atoms with Crippen LogP contribution in [0.3, 0.4) is 0 Å². The van der Waals surface area contributed by atoms with Crippen LogP contribution in [0, 0.1) is 11.3 Å². The maximum atomic E-state index is 13.9. The monoisotopic (exact) mass is 586 g/mol. The highest BCUT2D eigenvalue weighted by atomic mass is 19.4. The van der Waals surface area contributed by atoms with Crippen LogP contribution in [0.25, 0.3) is 11.4 Å². The standard InChI is InChI=1S/C29H33F3N6O4/c1-4-10-37-25(39)22-24(36(6-3)27(37)41)34-23(38(22)21(5-2)42-26(40)28-12-20(28)13-28)18-14-33-35(16-18)15-17-8-7-9-19(11-17)29(30,31)32/h7-9,11,14,16,20-21,27,41H,4-6,10,12-13,15H2,1-3H3. The number of alkyl halides is 3. The molecule has 1 aliphatic heterocycles. The summed E-state index contributed by atoms with van der Waals surface area (Å²) in [6.07, 6.45) is -0.748. The minimum Gasteiger partial charge on any atom is -0.441 e. The SMILES string of the molecule is CCCN1C(=O)c2c(nc(-c3cnn(Cc4cccc(C(F)(F)F)c4)c3)n2C(CC)OC(=O)C23CC2C3)N(CC)C1O. The summed E-state index contributed by atoms with van der Waals surface area (Å²) in [5, 5.41) is 15.4. The number of imidazole rings is 1. The Morgan fingerprint density at radius 1 is 1.21 bits per heavy atom. The Kier molecular flexibility index (Phi) is 6.82. The number of nitrogens with zero attached hydrogens (tertiary/aromatic N) is 6. The Morgan fingerprint density at radius 2 is 1.95 bits per heavy atom. The number of esters is 1. The second-order valence-electron chi connectivity index (χ2n) is 11.3. The van der Waals surface area contributed by atoms with E-state index >= 15 is 0 Å². The molecule has 0 radical (unpaired) electrons. The summed E-state index contributed by atoms with van der Waals surface area (Å²) in [5.41, 5.74) is -0.0365. The van der Waals surface area contributed by atoms with E-state index in [2.05, 4.69) is 5.10 Å². The summed E-state index contributed by atoms with van der Waals surface area (Å²) in [5.74, 6) is 0.246. The fraction of sp³-hybridized carbons (Fsp3) is 0.517. The molecular weight excluding hydrogens is 553 g/mol. The summed E-state index contributed by atoms with van der Waals surface area (Å²) >= 11 is 0. The molecule has 3 aliphatic rings. The summed E-state index contributed by atoms with van der Waals surface area (Å²) in [4.78, 5) is 34.7. The molecule has 3 aromatic rings. The number of ether oxygens (including phenoxy) is 1. The molecule has 0 spiro atoms. The largest absolute Gasteiger partial charge is 0.441 e. The van der Waals surface area contributed by atoms with Crippen molar-refractivity contribution >= 4 is 17.7 Å². The van der Waals surface area contributed by atoms with Gasteiger partial charge in [-0.1, -0.05) is 26.0 Å². The van der Waals surface area contributed by atoms with Gasteiger partial charge in [-0.15, -0.1) is 0 Å². The van der Waals surface area contributed by atoms with E-state index < -0.39 is 35.6 Å². The van der Waals surface area contributed by atoms with Crippen molar-refractivity contribution in [1.82, 2.24) is 24.2 Å². The summed E-state index contributed by atoms with van der Waals surface area (Å²) in [7, 11) is 0. The van der Waals surface area contributed by atoms with Gasteiger partial charge in [-0.25, -0.2) is 4.98 Å². The molecule has 1 N–H and O–H groups in total. The number of anilines is 1. The lowest BCUT2D eigenvalue weighted by molar-refractivity contribution is -0.158. The first kappa shape index (κ1) is 28.3. The van der Waals surface area contributed by atoms with Gasteiger partial charge in [-0.3, -0.25) is 23.7 Å². The van der Waals surface area contributed by atoms with Crippen LogP contribution >= 0.6 is 0 Å². The number of fused-ring (bicyclic) bond motifs is 2. The summed E-state index contributed by atoms with van der Waals surface area (Å²) in [6, 6.07) is 5.04. The Labute approximate surface area is 240 Å². The van der Waals surface area contributed by atoms with Gasteiger partial charge in [0.2, 0.25) is 6.35 Å². The van der Waals surface area contributed by atoms with Crippen LogP contribution < -0.4 is 4.90 Å². The van der Waals surface area contributed by atoms with Gasteiger partial charge in [0.05, 0.1) is 29.3 Å². The minimum absolute atomic E-state index is 0.0729. The third-order valence-corrected chi connectivity index (χ3v) is 8.45. The van der Waals surface area contributed by atoms with Crippen molar-refractivity contribution < 1.29 is 32.6 Å². The van der Waals surface area contributed by atoms with Crippen molar-refractivity contribution in [1.29, 1.82) is 0 Å². The fourth-order valence-electron chi connectivity index (χ4n) is 5.79. The Hall–Kier alpha value is -3.87. The molecule has 0 saturated heterocycles. The maximum absolute atomic E-state index is 13.9. The normalized spacial score (nSPS) is 23.5. The van der Waals surface area contributed by atoms with Gasteiger partial charge in [0.25, 0.3) is 5.91 Å². The summed E-state index contributed by atoms with van der Waals surface area (Å²) < 4.78 is 48.9. The zero-order valence-electron chi connectivity index (χ0n) is 23.6. The fourth-order valence-corrected chi connectivity index (χ4v) is 5.79. The molecule has 3 heterocycles. The number of benzene rings is 1. The average molecular weight is 587 g/mol. The first-order valence-corrected chi connectivity index (χ1v) is 14.3. The number of rotatable bonds is 10. The molecule has 2 aliphatic carbocycles. The van der Waals surface area contributed by atoms with E-state index in [0.717, 1.165) is 25.0 Å². The number of aliphatic hydroxyl groups excluding tert-OH is 1. The molecule has 1 amide bonds. The van der Waals surface area contributed by atoms with Gasteiger partial charge in [0, 0.05) is 25.7 Å². The zero-order valence-corrected chi connectivity index (χ0v) is 23.6. The second kappa shape index (κ2) is 10.1. The molecule has 2 fully saturated rings. The summed E-state index contributed by atoms with van der Waals surface area (Å²) in [6.45, 7) is 6.34. The van der Waals surface area contributed by atoms with Gasteiger partial charge in [-0.2, -0.15) is 18.3 Å². The first-order chi connectivity index (χ1) is 20.0. The number of carbonyl (C=O) groups is 2. The number of aliphatic hydroxyl groups is 1. The van der Waals surface area contributed by atoms with Gasteiger partial charge < -0.3 is 14.7 Å². The molecular formula is C29H33F3N6O4. The number of carbonyl (C=O) groups excluding carboxylic acids is 2. The van der Waals surface area contributed by atoms with Gasteiger partial charge in [0.1, 0.15) is 5.82 Å². The maximum Gasteiger partial charge on any atom is 0.416 e. The first-order valence-electron chi connectivity index (χ1n) is 14.3. The van der Waals surface area contributed by atoms with E-state index in [0.29, 0.717) is 48.8 Å². The van der Waals surface area contributed by atoms with E-state index in [4.69, 9.17) is 9.72 Å². The number of amides is 1. The molecule has 2 saturated carbocycles. The van der Waals surface area contributed by atoms with Crippen LogP contribution in [-0.2, 0) is 22.3 Å². The van der Waals surface area contributed by atoms with E-state index in [1.165, 1.54) is 21.8 Å². The van der Waals surface area contributed by atoms with Crippen LogP contribution in [-0.4, -0.2) is 60.7 Å². The van der Waals surface area contributed by atoms with Gasteiger partial charge in [0.15, 0.2) is 17.7 Å². The van der Waals surface area contributed by atoms with Crippen molar-refractivity contribution in [2.45, 2.75) is 71.8 Å². The van der Waals surface area contributed by atoms with Crippen molar-refractivity contribution in [3.05, 3.63) is 53.5 Å². The Balaban J connectivity index is 1.41. The molecule has 2 atom stereocenters. The smallest absolute Gasteiger partial charge is 0.416 e. The zero-order chi connectivity index (χ0) is 30.0. The van der Waals surface area contributed by atoms with Crippen molar-refractivity contribution in [2.24, 2.45) is 11.3 Å². The average Bonchev–Trinajstić information content (AvgIpc) is 3.72. The predicted molar refractivity (Wildman–Crippen MR) is 145 cm³/mol. The number of aromatic nitrogens is 4. The van der Waals surface area contributed by atoms with Crippen molar-refractivity contribution in [2.75, 3.05) is 18.0 Å². The van der Waals surface area contributed by atoms with Crippen LogP contribution in [0.1, 0.15) is 74.3 Å². The lowest BCUT2D eigenvalue weighted by atomic mass is 10.1. The Morgan fingerprint density at radius 3 is 2.57 bits per heavy atom. The molecule has 2 unspecified atom stereocenters. The van der Waals surface area contributed by atoms with Gasteiger partial charge >= 0.3 is 12.1 Å². The molecule has 10 nitrogen and oxygen atoms in total. The van der Waals surface area contributed by atoms with E-state index in [9.17, 15) is 27.9 Å². The number of halogens is 3. The molecule has 2 aromatic heterocycles. The lowest BCUT2D eigenvalue weighted by Gasteiger charge is -2.40. The van der Waals surface area contributed by atoms with E-state index in [1.807, 2.05) is 20.8 Å². The topological polar surface area (TPSA) is 106 Å². The minimum atomic E-state index is -4.46. The third-order valence-electron chi connectivity index (χ3n) is 8.45. The molecule has 42 heavy (non-hydrogen) atoms. The third kappa shape index (κ3) is 4.63. The molecule has 6 rings (SSSR count). The number of hydrogen-bond donors (Lipinski definition) is 1. The number of hydrogen-bond acceptors (Lipinski definition) is 7. The molecule has 1 aromatic carbocycles. The molecule has 0 bridgehead atoms. The highest BCUT2D eigenvalue weighted by Crippen LogP contribution is 2.76. The highest BCUT2D eigenvalue weighted by molar-refractivity contribution is 6.00. The van der Waals surface area contributed by atoms with Crippen molar-refractivity contribution in [3.63, 3.8) is 0 Å². The van der Waals surface area contributed by atoms with Crippen LogP contribution in [0.2, 0.25) is 0 Å². The van der Waals surface area contributed by atoms with E-state index in [-0.39, 0.29) is 24.0 Å². The van der Waals surface area contributed by atoms with Crippen LogP contribution in [0.4, 0.5) is 19.0 Å². The molecule has 13 heteroatoms. The Bertz CT molecular complexity index is 1530. The van der Waals surface area contributed by atoms with Crippen LogP contribution in [0.15, 0.2) is 36.7 Å². The second-order valence-corrected chi connectivity index (χ2v) is 11.3. The van der Waals surface area contributed by atoms with Crippen LogP contribution in [0.5, 0.6) is 0 Å². The lowest BCUT2D eigenvalue weighted by Crippen LogP contribution is -2.56. The quantitative estimate of drug-likeness (QED) is 0.345. The van der Waals surface area contributed by atoms with Crippen molar-refractivity contribution in [3.8, 4) is 11.4 Å². The predicted octanol–water partition coefficient (Wildman–Crippen LogP) is 4.64. The van der Waals surface area contributed by atoms with E-state index in [1.54, 1.807) is 21.7 Å². The molecule has 224 valence electrons. The highest BCUT2D eigenvalue weighted by Gasteiger charge is 2.76. The van der Waals surface area contributed by atoms with Gasteiger partial charge in [-0.05, 0) is 49.8 Å².